The van der Waals surface area contributed by atoms with Crippen LogP contribution in [0, 0.1) is 0 Å². The average molecular weight is 439 g/mol. The normalized spacial score (nSPS) is 11.3. The Morgan fingerprint density at radius 3 is 2.45 bits per heavy atom. The van der Waals surface area contributed by atoms with Gasteiger partial charge in [-0.1, -0.05) is 53.5 Å². The highest BCUT2D eigenvalue weighted by Gasteiger charge is 2.34. The summed E-state index contributed by atoms with van der Waals surface area (Å²) in [5.74, 6) is -0.784. The molecule has 0 fully saturated rings. The molecule has 0 aliphatic rings. The number of amides is 1. The van der Waals surface area contributed by atoms with E-state index in [1.54, 1.807) is 30.3 Å². The van der Waals surface area contributed by atoms with E-state index in [4.69, 9.17) is 23.2 Å². The maximum Gasteiger partial charge on any atom is 0.417 e. The molecule has 0 radical (unpaired) electrons. The van der Waals surface area contributed by atoms with Gasteiger partial charge < -0.3 is 5.32 Å². The fraction of sp³-hybridized carbons (Fsp3) is 0.143. The Bertz CT molecular complexity index is 1040. The van der Waals surface area contributed by atoms with Gasteiger partial charge in [0.15, 0.2) is 0 Å². The van der Waals surface area contributed by atoms with Gasteiger partial charge in [0.05, 0.1) is 16.8 Å². The minimum absolute atomic E-state index is 0.138. The summed E-state index contributed by atoms with van der Waals surface area (Å²) in [7, 11) is 0. The molecule has 0 aliphatic carbocycles. The summed E-state index contributed by atoms with van der Waals surface area (Å²) in [6.45, 7) is 0.138. The third kappa shape index (κ3) is 5.28. The summed E-state index contributed by atoms with van der Waals surface area (Å²) in [6, 6.07) is 15.3. The molecule has 1 aromatic heterocycles. The van der Waals surface area contributed by atoms with Crippen LogP contribution < -0.4 is 5.32 Å². The molecule has 1 amide bonds. The first kappa shape index (κ1) is 21.1. The van der Waals surface area contributed by atoms with E-state index in [9.17, 15) is 18.0 Å². The largest absolute Gasteiger partial charge is 0.417 e. The molecule has 2 aromatic carbocycles. The lowest BCUT2D eigenvalue weighted by Gasteiger charge is -2.13. The van der Waals surface area contributed by atoms with Crippen molar-refractivity contribution in [2.24, 2.45) is 0 Å². The van der Waals surface area contributed by atoms with E-state index in [1.165, 1.54) is 12.1 Å². The molecule has 1 N–H and O–H groups in total. The van der Waals surface area contributed by atoms with Crippen LogP contribution in [0.15, 0.2) is 60.7 Å². The summed E-state index contributed by atoms with van der Waals surface area (Å²) in [5.41, 5.74) is 0.830. The van der Waals surface area contributed by atoms with E-state index in [0.717, 1.165) is 23.3 Å². The Morgan fingerprint density at radius 2 is 1.76 bits per heavy atom. The number of nitrogens with zero attached hydrogens (tertiary/aromatic N) is 1. The van der Waals surface area contributed by atoms with Gasteiger partial charge in [-0.25, -0.2) is 4.98 Å². The van der Waals surface area contributed by atoms with Crippen molar-refractivity contribution in [3.8, 4) is 11.3 Å². The molecule has 1 heterocycles. The van der Waals surface area contributed by atoms with E-state index < -0.39 is 23.2 Å². The van der Waals surface area contributed by atoms with Crippen molar-refractivity contribution in [1.29, 1.82) is 0 Å². The standard InChI is InChI=1S/C21H15Cl2F3N2O/c22-17-12-14(18-6-3-7-19(23)28-18)9-8-13(17)10-11-27-20(29)15-4-1-2-5-16(15)21(24,25)26/h1-9,12H,10-11H2,(H,27,29). The smallest absolute Gasteiger partial charge is 0.352 e. The SMILES string of the molecule is O=C(NCCc1ccc(-c2cccc(Cl)n2)cc1Cl)c1ccccc1C(F)(F)F. The number of hydrogen-bond donors (Lipinski definition) is 1. The molecule has 3 rings (SSSR count). The Balaban J connectivity index is 1.66. The molecule has 0 atom stereocenters. The molecule has 0 bridgehead atoms. The van der Waals surface area contributed by atoms with Crippen molar-refractivity contribution in [2.75, 3.05) is 6.54 Å². The first-order chi connectivity index (χ1) is 13.8. The highest BCUT2D eigenvalue weighted by Crippen LogP contribution is 2.31. The van der Waals surface area contributed by atoms with E-state index in [2.05, 4.69) is 10.3 Å². The Kier molecular flexibility index (Phi) is 6.45. The van der Waals surface area contributed by atoms with Crippen molar-refractivity contribution in [3.05, 3.63) is 87.5 Å². The van der Waals surface area contributed by atoms with Gasteiger partial charge in [-0.2, -0.15) is 13.2 Å². The van der Waals surface area contributed by atoms with Crippen LogP contribution in [-0.4, -0.2) is 17.4 Å². The number of rotatable bonds is 5. The summed E-state index contributed by atoms with van der Waals surface area (Å²) < 4.78 is 39.1. The van der Waals surface area contributed by atoms with Crippen LogP contribution in [-0.2, 0) is 12.6 Å². The van der Waals surface area contributed by atoms with Gasteiger partial charge in [-0.05, 0) is 42.3 Å². The number of alkyl halides is 3. The molecule has 0 aliphatic heterocycles. The highest BCUT2D eigenvalue weighted by atomic mass is 35.5. The lowest BCUT2D eigenvalue weighted by Crippen LogP contribution is -2.28. The first-order valence-corrected chi connectivity index (χ1v) is 9.37. The van der Waals surface area contributed by atoms with Crippen LogP contribution in [0.2, 0.25) is 10.2 Å². The van der Waals surface area contributed by atoms with Crippen LogP contribution in [0.3, 0.4) is 0 Å². The molecule has 3 aromatic rings. The summed E-state index contributed by atoms with van der Waals surface area (Å²) in [4.78, 5) is 16.4. The predicted molar refractivity (Wildman–Crippen MR) is 107 cm³/mol. The zero-order valence-corrected chi connectivity index (χ0v) is 16.4. The second-order valence-electron chi connectivity index (χ2n) is 6.20. The monoisotopic (exact) mass is 438 g/mol. The Morgan fingerprint density at radius 1 is 1.00 bits per heavy atom. The fourth-order valence-electron chi connectivity index (χ4n) is 2.81. The van der Waals surface area contributed by atoms with Gasteiger partial charge in [-0.3, -0.25) is 4.79 Å². The van der Waals surface area contributed by atoms with Crippen molar-refractivity contribution < 1.29 is 18.0 Å². The predicted octanol–water partition coefficient (Wildman–Crippen LogP) is 6.05. The number of nitrogens with one attached hydrogen (secondary N) is 1. The van der Waals surface area contributed by atoms with Crippen molar-refractivity contribution in [3.63, 3.8) is 0 Å². The van der Waals surface area contributed by atoms with Gasteiger partial charge in [-0.15, -0.1) is 0 Å². The molecule has 0 saturated heterocycles. The lowest BCUT2D eigenvalue weighted by molar-refractivity contribution is -0.137. The number of halogens is 5. The lowest BCUT2D eigenvalue weighted by atomic mass is 10.1. The molecule has 0 spiro atoms. The minimum Gasteiger partial charge on any atom is -0.352 e. The zero-order valence-electron chi connectivity index (χ0n) is 14.9. The van der Waals surface area contributed by atoms with Crippen LogP contribution in [0.5, 0.6) is 0 Å². The molecule has 0 saturated carbocycles. The molecular formula is C21H15Cl2F3N2O. The van der Waals surface area contributed by atoms with Gasteiger partial charge >= 0.3 is 6.18 Å². The van der Waals surface area contributed by atoms with Crippen LogP contribution in [0.1, 0.15) is 21.5 Å². The van der Waals surface area contributed by atoms with Crippen molar-refractivity contribution in [1.82, 2.24) is 10.3 Å². The molecule has 29 heavy (non-hydrogen) atoms. The molecule has 150 valence electrons. The maximum atomic E-state index is 13.0. The second-order valence-corrected chi connectivity index (χ2v) is 7.00. The zero-order chi connectivity index (χ0) is 21.0. The second kappa shape index (κ2) is 8.84. The van der Waals surface area contributed by atoms with Crippen molar-refractivity contribution >= 4 is 29.1 Å². The highest BCUT2D eigenvalue weighted by molar-refractivity contribution is 6.31. The van der Waals surface area contributed by atoms with Crippen molar-refractivity contribution in [2.45, 2.75) is 12.6 Å². The molecule has 3 nitrogen and oxygen atoms in total. The quantitative estimate of drug-likeness (QED) is 0.492. The third-order valence-electron chi connectivity index (χ3n) is 4.22. The molecular weight excluding hydrogens is 424 g/mol. The number of aromatic nitrogens is 1. The number of benzene rings is 2. The Hall–Kier alpha value is -2.57. The van der Waals surface area contributed by atoms with Crippen LogP contribution in [0.25, 0.3) is 11.3 Å². The number of hydrogen-bond acceptors (Lipinski definition) is 2. The van der Waals surface area contributed by atoms with Gasteiger partial charge in [0.25, 0.3) is 5.91 Å². The topological polar surface area (TPSA) is 42.0 Å². The summed E-state index contributed by atoms with van der Waals surface area (Å²) in [5, 5.41) is 3.35. The molecule has 8 heteroatoms. The van der Waals surface area contributed by atoms with E-state index in [1.807, 2.05) is 6.07 Å². The minimum atomic E-state index is -4.60. The average Bonchev–Trinajstić information content (AvgIpc) is 2.68. The van der Waals surface area contributed by atoms with E-state index >= 15 is 0 Å². The van der Waals surface area contributed by atoms with Gasteiger partial charge in [0, 0.05) is 17.1 Å². The number of pyridine rings is 1. The van der Waals surface area contributed by atoms with Crippen LogP contribution in [0.4, 0.5) is 13.2 Å². The summed E-state index contributed by atoms with van der Waals surface area (Å²) >= 11 is 12.2. The number of carbonyl (C=O) groups is 1. The summed E-state index contributed by atoms with van der Waals surface area (Å²) in [6.07, 6.45) is -4.23. The maximum absolute atomic E-state index is 13.0. The fourth-order valence-corrected chi connectivity index (χ4v) is 3.25. The third-order valence-corrected chi connectivity index (χ3v) is 4.78. The van der Waals surface area contributed by atoms with E-state index in [-0.39, 0.29) is 6.54 Å². The number of carbonyl (C=O) groups excluding carboxylic acids is 1. The Labute approximate surface area is 175 Å². The van der Waals surface area contributed by atoms with Gasteiger partial charge in [0.2, 0.25) is 0 Å². The van der Waals surface area contributed by atoms with Crippen LogP contribution >= 0.6 is 23.2 Å². The van der Waals surface area contributed by atoms with Gasteiger partial charge in [0.1, 0.15) is 5.15 Å². The molecule has 0 unspecified atom stereocenters. The first-order valence-electron chi connectivity index (χ1n) is 8.61. The van der Waals surface area contributed by atoms with E-state index in [0.29, 0.717) is 22.3 Å².